The fourth-order valence-electron chi connectivity index (χ4n) is 1.62. The number of hydrogen-bond donors (Lipinski definition) is 0. The fourth-order valence-corrected chi connectivity index (χ4v) is 1.62. The van der Waals surface area contributed by atoms with Crippen LogP contribution >= 0.6 is 0 Å². The molecule has 74 valence electrons. The molecule has 3 rings (SSSR count). The van der Waals surface area contributed by atoms with E-state index in [9.17, 15) is 0 Å². The molecule has 2 aromatic heterocycles. The molecule has 1 aliphatic heterocycles. The predicted octanol–water partition coefficient (Wildman–Crippen LogP) is 1.12. The van der Waals surface area contributed by atoms with Gasteiger partial charge in [-0.05, 0) is 19.1 Å². The summed E-state index contributed by atoms with van der Waals surface area (Å²) in [4.78, 5) is 4.23. The summed E-state index contributed by atoms with van der Waals surface area (Å²) in [7, 11) is 0. The van der Waals surface area contributed by atoms with Gasteiger partial charge >= 0.3 is 0 Å². The van der Waals surface area contributed by atoms with Crippen LogP contribution in [-0.2, 0) is 6.42 Å². The molecule has 0 aliphatic carbocycles. The van der Waals surface area contributed by atoms with Gasteiger partial charge in [-0.2, -0.15) is 9.78 Å². The topological polar surface area (TPSA) is 56.0 Å². The third-order valence-electron chi connectivity index (χ3n) is 2.28. The molecule has 5 nitrogen and oxygen atoms in total. The van der Waals surface area contributed by atoms with Crippen LogP contribution in [0, 0.1) is 0 Å². The van der Waals surface area contributed by atoms with Gasteiger partial charge in [-0.1, -0.05) is 6.07 Å². The quantitative estimate of drug-likeness (QED) is 0.691. The zero-order chi connectivity index (χ0) is 10.3. The van der Waals surface area contributed by atoms with Gasteiger partial charge in [-0.15, -0.1) is 10.2 Å². The zero-order valence-corrected chi connectivity index (χ0v) is 8.25. The molecule has 0 unspecified atom stereocenters. The number of rotatable bonds is 1. The normalized spacial score (nSPS) is 13.8. The van der Waals surface area contributed by atoms with E-state index in [1.807, 2.05) is 25.1 Å². The third-order valence-corrected chi connectivity index (χ3v) is 2.28. The van der Waals surface area contributed by atoms with Gasteiger partial charge in [0.1, 0.15) is 5.69 Å². The predicted molar refractivity (Wildman–Crippen MR) is 55.5 cm³/mol. The lowest BCUT2D eigenvalue weighted by Crippen LogP contribution is -1.93. The van der Waals surface area contributed by atoms with Crippen LogP contribution in [0.25, 0.3) is 11.5 Å². The van der Waals surface area contributed by atoms with E-state index >= 15 is 0 Å². The van der Waals surface area contributed by atoms with E-state index < -0.39 is 0 Å². The highest BCUT2D eigenvalue weighted by molar-refractivity contribution is 5.85. The third kappa shape index (κ3) is 1.24. The first-order valence-electron chi connectivity index (χ1n) is 4.75. The van der Waals surface area contributed by atoms with Crippen molar-refractivity contribution < 1.29 is 0 Å². The molecule has 3 heterocycles. The number of hydrogen-bond acceptors (Lipinski definition) is 4. The molecule has 2 aromatic rings. The van der Waals surface area contributed by atoms with Crippen molar-refractivity contribution in [2.45, 2.75) is 13.3 Å². The van der Waals surface area contributed by atoms with E-state index in [-0.39, 0.29) is 0 Å². The summed E-state index contributed by atoms with van der Waals surface area (Å²) in [6.07, 6.45) is 2.52. The average Bonchev–Trinajstić information content (AvgIpc) is 2.77. The lowest BCUT2D eigenvalue weighted by Gasteiger charge is -1.97. The summed E-state index contributed by atoms with van der Waals surface area (Å²) in [6.45, 7) is 1.98. The van der Waals surface area contributed by atoms with Crippen LogP contribution < -0.4 is 0 Å². The Morgan fingerprint density at radius 2 is 2.20 bits per heavy atom. The molecular formula is C10H9N5. The Bertz CT molecular complexity index is 526. The van der Waals surface area contributed by atoms with Crippen LogP contribution in [0.5, 0.6) is 0 Å². The van der Waals surface area contributed by atoms with Crippen molar-refractivity contribution >= 4 is 5.71 Å². The summed E-state index contributed by atoms with van der Waals surface area (Å²) in [5, 5.41) is 12.5. The standard InChI is InChI=1S/C10H9N5/c1-7-6-9-12-13-10(15(9)14-7)8-4-2-3-5-11-8/h2-5H,6H2,1H3. The Labute approximate surface area is 86.5 Å². The summed E-state index contributed by atoms with van der Waals surface area (Å²) in [5.74, 6) is 1.59. The van der Waals surface area contributed by atoms with Crippen molar-refractivity contribution in [3.8, 4) is 11.5 Å². The van der Waals surface area contributed by atoms with Crippen molar-refractivity contribution in [1.29, 1.82) is 0 Å². The number of pyridine rings is 1. The van der Waals surface area contributed by atoms with E-state index in [1.54, 1.807) is 10.9 Å². The molecule has 0 saturated heterocycles. The van der Waals surface area contributed by atoms with Crippen LogP contribution in [0.4, 0.5) is 0 Å². The Morgan fingerprint density at radius 1 is 1.27 bits per heavy atom. The minimum atomic E-state index is 0.711. The monoisotopic (exact) mass is 199 g/mol. The Balaban J connectivity index is 2.16. The van der Waals surface area contributed by atoms with Gasteiger partial charge in [0.25, 0.3) is 0 Å². The summed E-state index contributed by atoms with van der Waals surface area (Å²) >= 11 is 0. The zero-order valence-electron chi connectivity index (χ0n) is 8.25. The van der Waals surface area contributed by atoms with Gasteiger partial charge < -0.3 is 0 Å². The molecule has 0 aromatic carbocycles. The number of nitrogens with zero attached hydrogens (tertiary/aromatic N) is 5. The lowest BCUT2D eigenvalue weighted by atomic mass is 10.3. The molecule has 0 fully saturated rings. The molecule has 0 radical (unpaired) electrons. The van der Waals surface area contributed by atoms with Crippen molar-refractivity contribution in [3.05, 3.63) is 30.2 Å². The highest BCUT2D eigenvalue weighted by atomic mass is 15.5. The van der Waals surface area contributed by atoms with Gasteiger partial charge in [0.15, 0.2) is 5.82 Å². The molecule has 0 amide bonds. The Hall–Kier alpha value is -2.04. The first-order chi connectivity index (χ1) is 7.34. The van der Waals surface area contributed by atoms with Crippen molar-refractivity contribution in [2.75, 3.05) is 0 Å². The molecule has 0 saturated carbocycles. The van der Waals surface area contributed by atoms with E-state index in [2.05, 4.69) is 20.3 Å². The van der Waals surface area contributed by atoms with Crippen LogP contribution in [0.1, 0.15) is 12.7 Å². The van der Waals surface area contributed by atoms with Gasteiger partial charge in [0.2, 0.25) is 5.82 Å². The molecule has 0 bridgehead atoms. The van der Waals surface area contributed by atoms with E-state index in [4.69, 9.17) is 0 Å². The molecular weight excluding hydrogens is 190 g/mol. The van der Waals surface area contributed by atoms with Gasteiger partial charge in [0, 0.05) is 18.3 Å². The van der Waals surface area contributed by atoms with Crippen molar-refractivity contribution in [1.82, 2.24) is 19.9 Å². The van der Waals surface area contributed by atoms with Gasteiger partial charge in [0.05, 0.1) is 0 Å². The molecule has 5 heteroatoms. The summed E-state index contributed by atoms with van der Waals surface area (Å²) in [6, 6.07) is 5.70. The average molecular weight is 199 g/mol. The molecule has 0 spiro atoms. The molecule has 15 heavy (non-hydrogen) atoms. The van der Waals surface area contributed by atoms with E-state index in [0.29, 0.717) is 5.82 Å². The molecule has 1 aliphatic rings. The first-order valence-corrected chi connectivity index (χ1v) is 4.75. The molecule has 0 N–H and O–H groups in total. The van der Waals surface area contributed by atoms with Crippen LogP contribution in [0.3, 0.4) is 0 Å². The smallest absolute Gasteiger partial charge is 0.203 e. The van der Waals surface area contributed by atoms with Crippen LogP contribution in [-0.4, -0.2) is 25.6 Å². The Morgan fingerprint density at radius 3 is 3.00 bits per heavy atom. The first kappa shape index (κ1) is 8.28. The second kappa shape index (κ2) is 2.98. The van der Waals surface area contributed by atoms with E-state index in [0.717, 1.165) is 23.7 Å². The number of fused-ring (bicyclic) bond motifs is 1. The maximum absolute atomic E-state index is 4.36. The second-order valence-corrected chi connectivity index (χ2v) is 3.48. The highest BCUT2D eigenvalue weighted by Crippen LogP contribution is 2.19. The van der Waals surface area contributed by atoms with Gasteiger partial charge in [-0.25, -0.2) is 0 Å². The SMILES string of the molecule is CC1=Nn2c(nnc2-c2ccccn2)C1. The van der Waals surface area contributed by atoms with Gasteiger partial charge in [-0.3, -0.25) is 4.98 Å². The fraction of sp³-hybridized carbons (Fsp3) is 0.200. The summed E-state index contributed by atoms with van der Waals surface area (Å²) < 4.78 is 1.76. The van der Waals surface area contributed by atoms with Crippen molar-refractivity contribution in [2.24, 2.45) is 5.10 Å². The molecule has 0 atom stereocenters. The minimum Gasteiger partial charge on any atom is -0.253 e. The maximum Gasteiger partial charge on any atom is 0.203 e. The van der Waals surface area contributed by atoms with E-state index in [1.165, 1.54) is 0 Å². The second-order valence-electron chi connectivity index (χ2n) is 3.48. The van der Waals surface area contributed by atoms with Crippen molar-refractivity contribution in [3.63, 3.8) is 0 Å². The highest BCUT2D eigenvalue weighted by Gasteiger charge is 2.19. The van der Waals surface area contributed by atoms with Crippen LogP contribution in [0.15, 0.2) is 29.5 Å². The minimum absolute atomic E-state index is 0.711. The number of aromatic nitrogens is 4. The summed E-state index contributed by atoms with van der Waals surface area (Å²) in [5.41, 5.74) is 1.85. The lowest BCUT2D eigenvalue weighted by molar-refractivity contribution is 0.863. The van der Waals surface area contributed by atoms with Crippen LogP contribution in [0.2, 0.25) is 0 Å². The maximum atomic E-state index is 4.36. The Kier molecular flexibility index (Phi) is 1.65. The largest absolute Gasteiger partial charge is 0.253 e.